The van der Waals surface area contributed by atoms with Crippen molar-refractivity contribution in [2.45, 2.75) is 48.8 Å². The predicted molar refractivity (Wildman–Crippen MR) is 168 cm³/mol. The topological polar surface area (TPSA) is 81.4 Å². The molecule has 4 aromatic carbocycles. The second kappa shape index (κ2) is 12.1. The fraction of sp³-hybridized carbons (Fsp3) is 0.235. The summed E-state index contributed by atoms with van der Waals surface area (Å²) in [7, 11) is 0.316. The van der Waals surface area contributed by atoms with Crippen LogP contribution in [0.15, 0.2) is 89.8 Å². The summed E-state index contributed by atoms with van der Waals surface area (Å²) in [5, 5.41) is 10.2. The van der Waals surface area contributed by atoms with E-state index in [2.05, 4.69) is 4.57 Å². The third-order valence-corrected chi connectivity index (χ3v) is 9.62. The number of rotatable bonds is 8. The van der Waals surface area contributed by atoms with Gasteiger partial charge in [-0.15, -0.1) is 0 Å². The van der Waals surface area contributed by atoms with Crippen molar-refractivity contribution in [3.63, 3.8) is 0 Å². The first-order valence-corrected chi connectivity index (χ1v) is 15.8. The van der Waals surface area contributed by atoms with E-state index in [0.717, 1.165) is 59.3 Å². The van der Waals surface area contributed by atoms with E-state index in [1.54, 1.807) is 19.2 Å². The molecule has 42 heavy (non-hydrogen) atoms. The number of benzene rings is 4. The van der Waals surface area contributed by atoms with E-state index in [9.17, 15) is 14.1 Å². The molecule has 1 saturated carbocycles. The Morgan fingerprint density at radius 1 is 0.929 bits per heavy atom. The van der Waals surface area contributed by atoms with Crippen LogP contribution < -0.4 is 4.74 Å². The second-order valence-corrected chi connectivity index (χ2v) is 12.5. The molecule has 6 rings (SSSR count). The molecule has 5 aromatic rings. The Labute approximate surface area is 252 Å². The number of hydrogen-bond acceptors (Lipinski definition) is 4. The molecule has 1 aliphatic rings. The number of carbonyl (C=O) groups is 1. The molecule has 6 nitrogen and oxygen atoms in total. The molecule has 0 aliphatic heterocycles. The lowest BCUT2D eigenvalue weighted by atomic mass is 9.95. The number of carboxylic acids is 1. The van der Waals surface area contributed by atoms with E-state index < -0.39 is 16.8 Å². The number of fused-ring (bicyclic) bond motifs is 1. The Morgan fingerprint density at radius 2 is 1.62 bits per heavy atom. The van der Waals surface area contributed by atoms with Gasteiger partial charge in [0.05, 0.1) is 40.3 Å². The van der Waals surface area contributed by atoms with E-state index in [0.29, 0.717) is 33.0 Å². The Kier molecular flexibility index (Phi) is 8.13. The van der Waals surface area contributed by atoms with Crippen LogP contribution in [0.2, 0.25) is 5.02 Å². The van der Waals surface area contributed by atoms with Gasteiger partial charge >= 0.3 is 5.97 Å². The van der Waals surface area contributed by atoms with Crippen LogP contribution in [0.4, 0.5) is 0 Å². The zero-order chi connectivity index (χ0) is 29.2. The Morgan fingerprint density at radius 3 is 2.31 bits per heavy atom. The molecule has 214 valence electrons. The molecule has 0 saturated heterocycles. The van der Waals surface area contributed by atoms with Gasteiger partial charge in [0.15, 0.2) is 0 Å². The second-order valence-electron chi connectivity index (χ2n) is 10.7. The fourth-order valence-electron chi connectivity index (χ4n) is 5.84. The molecular formula is C34H31ClN2O4S. The highest BCUT2D eigenvalue weighted by atomic mass is 35.5. The molecule has 8 heteroatoms. The quantitative estimate of drug-likeness (QED) is 0.193. The van der Waals surface area contributed by atoms with Crippen LogP contribution in [0.1, 0.15) is 54.1 Å². The van der Waals surface area contributed by atoms with Crippen LogP contribution in [0.5, 0.6) is 5.75 Å². The van der Waals surface area contributed by atoms with Crippen LogP contribution >= 0.6 is 11.6 Å². The van der Waals surface area contributed by atoms with Gasteiger partial charge in [-0.05, 0) is 78.6 Å². The van der Waals surface area contributed by atoms with Gasteiger partial charge in [0.2, 0.25) is 0 Å². The standard InChI is InChI=1S/C34H31ClN2O4S/c1-41-32-18-12-24(22-7-13-27(35)14-8-22)19-26(32)21-42(40)29-15-9-23(10-16-29)33-36-30-20-25(34(38)39)11-17-31(30)37(33)28-5-3-2-4-6-28/h7-20,28H,2-6,21H2,1H3,(H,38,39). The minimum atomic E-state index is -1.31. The summed E-state index contributed by atoms with van der Waals surface area (Å²) in [5.74, 6) is 0.851. The largest absolute Gasteiger partial charge is 0.496 e. The lowest BCUT2D eigenvalue weighted by Gasteiger charge is -2.25. The number of aromatic carboxylic acids is 1. The lowest BCUT2D eigenvalue weighted by molar-refractivity contribution is 0.0697. The van der Waals surface area contributed by atoms with Crippen molar-refractivity contribution in [2.24, 2.45) is 0 Å². The van der Waals surface area contributed by atoms with Crippen molar-refractivity contribution >= 4 is 39.4 Å². The van der Waals surface area contributed by atoms with Crippen LogP contribution in [0.25, 0.3) is 33.5 Å². The molecule has 1 aromatic heterocycles. The maximum Gasteiger partial charge on any atom is 0.335 e. The van der Waals surface area contributed by atoms with Crippen LogP contribution in [-0.2, 0) is 16.6 Å². The summed E-state index contributed by atoms with van der Waals surface area (Å²) >= 11 is 6.06. The van der Waals surface area contributed by atoms with E-state index in [-0.39, 0.29) is 5.56 Å². The zero-order valence-electron chi connectivity index (χ0n) is 23.3. The third kappa shape index (κ3) is 5.72. The highest BCUT2D eigenvalue weighted by molar-refractivity contribution is 7.84. The highest BCUT2D eigenvalue weighted by Crippen LogP contribution is 2.37. The van der Waals surface area contributed by atoms with Crippen molar-refractivity contribution in [3.05, 3.63) is 101 Å². The minimum Gasteiger partial charge on any atom is -0.496 e. The highest BCUT2D eigenvalue weighted by Gasteiger charge is 2.23. The normalized spacial score (nSPS) is 14.6. The summed E-state index contributed by atoms with van der Waals surface area (Å²) in [6.45, 7) is 0. The van der Waals surface area contributed by atoms with Gasteiger partial charge in [0.1, 0.15) is 11.6 Å². The number of imidazole rings is 1. The summed E-state index contributed by atoms with van der Waals surface area (Å²) in [6, 6.07) is 26.8. The lowest BCUT2D eigenvalue weighted by Crippen LogP contribution is -2.14. The summed E-state index contributed by atoms with van der Waals surface area (Å²) in [4.78, 5) is 17.2. The summed E-state index contributed by atoms with van der Waals surface area (Å²) in [5.41, 5.74) is 5.65. The van der Waals surface area contributed by atoms with Gasteiger partial charge in [-0.3, -0.25) is 4.21 Å². The van der Waals surface area contributed by atoms with Gasteiger partial charge in [-0.2, -0.15) is 0 Å². The first-order valence-electron chi connectivity index (χ1n) is 14.1. The van der Waals surface area contributed by atoms with E-state index in [1.807, 2.05) is 72.8 Å². The first-order chi connectivity index (χ1) is 20.4. The number of ether oxygens (including phenoxy) is 1. The van der Waals surface area contributed by atoms with E-state index >= 15 is 0 Å². The van der Waals surface area contributed by atoms with Crippen molar-refractivity contribution < 1.29 is 18.8 Å². The maximum atomic E-state index is 13.5. The van der Waals surface area contributed by atoms with Gasteiger partial charge in [0, 0.05) is 27.1 Å². The average molecular weight is 599 g/mol. The average Bonchev–Trinajstić information content (AvgIpc) is 3.41. The van der Waals surface area contributed by atoms with Gasteiger partial charge in [0.25, 0.3) is 0 Å². The monoisotopic (exact) mass is 598 g/mol. The molecule has 0 bridgehead atoms. The molecule has 1 aliphatic carbocycles. The SMILES string of the molecule is COc1ccc(-c2ccc(Cl)cc2)cc1CS(=O)c1ccc(-c2nc3cc(C(=O)O)ccc3n2C2CCCCC2)cc1. The Hall–Kier alpha value is -3.94. The first kappa shape index (κ1) is 28.2. The number of hydrogen-bond donors (Lipinski definition) is 1. The van der Waals surface area contributed by atoms with Crippen molar-refractivity contribution in [3.8, 4) is 28.3 Å². The molecular weight excluding hydrogens is 568 g/mol. The molecule has 0 amide bonds. The van der Waals surface area contributed by atoms with Crippen LogP contribution in [0, 0.1) is 0 Å². The van der Waals surface area contributed by atoms with Gasteiger partial charge in [-0.1, -0.05) is 61.2 Å². The maximum absolute atomic E-state index is 13.5. The third-order valence-electron chi connectivity index (χ3n) is 8.00. The Balaban J connectivity index is 1.30. The van der Waals surface area contributed by atoms with Crippen LogP contribution in [0.3, 0.4) is 0 Å². The van der Waals surface area contributed by atoms with E-state index in [4.69, 9.17) is 21.3 Å². The molecule has 1 unspecified atom stereocenters. The smallest absolute Gasteiger partial charge is 0.335 e. The fourth-order valence-corrected chi connectivity index (χ4v) is 7.08. The summed E-state index contributed by atoms with van der Waals surface area (Å²) < 4.78 is 21.4. The van der Waals surface area contributed by atoms with Gasteiger partial charge in [-0.25, -0.2) is 9.78 Å². The molecule has 1 fully saturated rings. The number of methoxy groups -OCH3 is 1. The van der Waals surface area contributed by atoms with Gasteiger partial charge < -0.3 is 14.4 Å². The summed E-state index contributed by atoms with van der Waals surface area (Å²) in [6.07, 6.45) is 5.70. The number of aromatic nitrogens is 2. The number of halogens is 1. The van der Waals surface area contributed by atoms with Crippen LogP contribution in [-0.4, -0.2) is 31.9 Å². The molecule has 1 atom stereocenters. The van der Waals surface area contributed by atoms with Crippen molar-refractivity contribution in [1.82, 2.24) is 9.55 Å². The predicted octanol–water partition coefficient (Wildman–Crippen LogP) is 8.54. The van der Waals surface area contributed by atoms with E-state index in [1.165, 1.54) is 6.42 Å². The zero-order valence-corrected chi connectivity index (χ0v) is 24.8. The van der Waals surface area contributed by atoms with Crippen molar-refractivity contribution in [2.75, 3.05) is 7.11 Å². The molecule has 1 N–H and O–H groups in total. The number of carboxylic acid groups (broad SMARTS) is 1. The molecule has 1 heterocycles. The molecule has 0 spiro atoms. The van der Waals surface area contributed by atoms with Crippen molar-refractivity contribution in [1.29, 1.82) is 0 Å². The number of nitrogens with zero attached hydrogens (tertiary/aromatic N) is 2. The molecule has 0 radical (unpaired) electrons. The Bertz CT molecular complexity index is 1770. The minimum absolute atomic E-state index is 0.226.